The topological polar surface area (TPSA) is 112 Å². The molecule has 2 aliphatic rings. The molecule has 3 aromatic rings. The third kappa shape index (κ3) is 6.14. The highest BCUT2D eigenvalue weighted by atomic mass is 79.9. The average Bonchev–Trinajstić information content (AvgIpc) is 3.20. The molecule has 0 bridgehead atoms. The van der Waals surface area contributed by atoms with Gasteiger partial charge in [-0.05, 0) is 89.6 Å². The molecule has 4 heterocycles. The molecule has 0 atom stereocenters. The van der Waals surface area contributed by atoms with Gasteiger partial charge in [-0.15, -0.1) is 0 Å². The molecule has 0 aliphatic carbocycles. The van der Waals surface area contributed by atoms with Gasteiger partial charge in [0.1, 0.15) is 17.4 Å². The lowest BCUT2D eigenvalue weighted by Crippen LogP contribution is -2.42. The van der Waals surface area contributed by atoms with Gasteiger partial charge in [0.2, 0.25) is 0 Å². The zero-order valence-electron chi connectivity index (χ0n) is 23.0. The molecule has 10 nitrogen and oxygen atoms in total. The van der Waals surface area contributed by atoms with Crippen LogP contribution in [0.1, 0.15) is 58.9 Å². The zero-order chi connectivity index (χ0) is 27.7. The minimum atomic E-state index is -0.460. The van der Waals surface area contributed by atoms with Gasteiger partial charge in [0.25, 0.3) is 0 Å². The van der Waals surface area contributed by atoms with E-state index in [0.717, 1.165) is 75.0 Å². The number of halogens is 1. The van der Waals surface area contributed by atoms with E-state index in [4.69, 9.17) is 10.5 Å². The van der Waals surface area contributed by atoms with Gasteiger partial charge in [0.05, 0.1) is 5.69 Å². The number of amides is 1. The van der Waals surface area contributed by atoms with Crippen molar-refractivity contribution in [3.63, 3.8) is 0 Å². The Morgan fingerprint density at radius 3 is 2.36 bits per heavy atom. The fourth-order valence-corrected chi connectivity index (χ4v) is 5.99. The second-order valence-corrected chi connectivity index (χ2v) is 12.6. The van der Waals surface area contributed by atoms with E-state index in [0.29, 0.717) is 22.9 Å². The van der Waals surface area contributed by atoms with Crippen molar-refractivity contribution in [1.29, 1.82) is 0 Å². The summed E-state index contributed by atoms with van der Waals surface area (Å²) in [6, 6.07) is 7.65. The molecule has 0 radical (unpaired) electrons. The van der Waals surface area contributed by atoms with E-state index in [9.17, 15) is 9.59 Å². The quantitative estimate of drug-likeness (QED) is 0.456. The van der Waals surface area contributed by atoms with E-state index in [1.807, 2.05) is 54.5 Å². The molecule has 0 saturated carbocycles. The molecule has 2 aromatic heterocycles. The first-order valence-electron chi connectivity index (χ1n) is 13.8. The third-order valence-electron chi connectivity index (χ3n) is 7.81. The van der Waals surface area contributed by atoms with Gasteiger partial charge in [-0.2, -0.15) is 0 Å². The lowest BCUT2D eigenvalue weighted by Gasteiger charge is -2.36. The summed E-state index contributed by atoms with van der Waals surface area (Å²) in [4.78, 5) is 39.1. The average molecular weight is 601 g/mol. The molecule has 1 aromatic carbocycles. The maximum atomic E-state index is 13.7. The Morgan fingerprint density at radius 1 is 1.05 bits per heavy atom. The maximum absolute atomic E-state index is 13.7. The Kier molecular flexibility index (Phi) is 8.00. The normalized spacial score (nSPS) is 18.1. The number of benzene rings is 1. The summed E-state index contributed by atoms with van der Waals surface area (Å²) in [6.07, 6.45) is 6.14. The molecule has 2 saturated heterocycles. The number of nitrogens with zero attached hydrogens (tertiary/aromatic N) is 6. The molecule has 2 aliphatic heterocycles. The first-order valence-corrected chi connectivity index (χ1v) is 14.6. The standard InChI is InChI=1S/C28H38BrN7O3/c1-28(2,3)39-27(38)34-16-9-19(10-17-34)8-13-33-14-11-22(12-15-33)36-25-23(24(30)31-18-32-25)35(26(36)37)21-6-4-20(29)5-7-21/h4-7,18-19,22H,8-17H2,1-3H3,(H2,30,31,32). The highest BCUT2D eigenvalue weighted by Crippen LogP contribution is 2.29. The molecule has 0 unspecified atom stereocenters. The van der Waals surface area contributed by atoms with E-state index in [-0.39, 0.29) is 17.8 Å². The highest BCUT2D eigenvalue weighted by molar-refractivity contribution is 9.10. The summed E-state index contributed by atoms with van der Waals surface area (Å²) < 4.78 is 9.91. The Balaban J connectivity index is 1.20. The van der Waals surface area contributed by atoms with Crippen LogP contribution in [0.2, 0.25) is 0 Å². The molecule has 2 fully saturated rings. The predicted molar refractivity (Wildman–Crippen MR) is 155 cm³/mol. The number of piperidine rings is 2. The molecular weight excluding hydrogens is 562 g/mol. The number of anilines is 1. The number of imidazole rings is 1. The van der Waals surface area contributed by atoms with Crippen molar-refractivity contribution in [1.82, 2.24) is 28.9 Å². The third-order valence-corrected chi connectivity index (χ3v) is 8.34. The molecule has 11 heteroatoms. The van der Waals surface area contributed by atoms with Crippen molar-refractivity contribution in [3.8, 4) is 5.69 Å². The Labute approximate surface area is 237 Å². The smallest absolute Gasteiger partial charge is 0.410 e. The number of hydrogen-bond acceptors (Lipinski definition) is 7. The summed E-state index contributed by atoms with van der Waals surface area (Å²) >= 11 is 3.46. The van der Waals surface area contributed by atoms with Crippen LogP contribution in [0.15, 0.2) is 39.9 Å². The first kappa shape index (κ1) is 27.6. The van der Waals surface area contributed by atoms with Crippen molar-refractivity contribution in [2.45, 2.75) is 64.5 Å². The second-order valence-electron chi connectivity index (χ2n) is 11.7. The Hall–Kier alpha value is -2.92. The van der Waals surface area contributed by atoms with Crippen molar-refractivity contribution in [2.75, 3.05) is 38.5 Å². The summed E-state index contributed by atoms with van der Waals surface area (Å²) in [5, 5.41) is 0. The predicted octanol–water partition coefficient (Wildman–Crippen LogP) is 4.60. The van der Waals surface area contributed by atoms with E-state index in [2.05, 4.69) is 30.8 Å². The summed E-state index contributed by atoms with van der Waals surface area (Å²) in [5.74, 6) is 0.918. The van der Waals surface area contributed by atoms with Crippen molar-refractivity contribution < 1.29 is 9.53 Å². The van der Waals surface area contributed by atoms with Crippen LogP contribution in [-0.2, 0) is 4.74 Å². The number of carbonyl (C=O) groups excluding carboxylic acids is 1. The van der Waals surface area contributed by atoms with Crippen molar-refractivity contribution in [2.24, 2.45) is 5.92 Å². The molecule has 0 spiro atoms. The number of likely N-dealkylation sites (tertiary alicyclic amines) is 2. The fourth-order valence-electron chi connectivity index (χ4n) is 5.72. The van der Waals surface area contributed by atoms with Crippen LogP contribution in [0, 0.1) is 5.92 Å². The maximum Gasteiger partial charge on any atom is 0.410 e. The lowest BCUT2D eigenvalue weighted by atomic mass is 9.93. The van der Waals surface area contributed by atoms with Gasteiger partial charge in [-0.3, -0.25) is 9.13 Å². The first-order chi connectivity index (χ1) is 18.6. The summed E-state index contributed by atoms with van der Waals surface area (Å²) in [7, 11) is 0. The summed E-state index contributed by atoms with van der Waals surface area (Å²) in [5.41, 5.74) is 7.55. The van der Waals surface area contributed by atoms with Crippen LogP contribution in [0.5, 0.6) is 0 Å². The number of ether oxygens (including phenoxy) is 1. The van der Waals surface area contributed by atoms with E-state index in [1.54, 1.807) is 4.57 Å². The molecule has 1 amide bonds. The van der Waals surface area contributed by atoms with Gasteiger partial charge < -0.3 is 20.3 Å². The monoisotopic (exact) mass is 599 g/mol. The minimum Gasteiger partial charge on any atom is -0.444 e. The highest BCUT2D eigenvalue weighted by Gasteiger charge is 2.29. The van der Waals surface area contributed by atoms with E-state index >= 15 is 0 Å². The van der Waals surface area contributed by atoms with Crippen LogP contribution in [-0.4, -0.2) is 73.3 Å². The van der Waals surface area contributed by atoms with Crippen LogP contribution in [0.4, 0.5) is 10.6 Å². The Bertz CT molecular complexity index is 1360. The van der Waals surface area contributed by atoms with Gasteiger partial charge >= 0.3 is 11.8 Å². The molecular formula is C28H38BrN7O3. The fraction of sp³-hybridized carbons (Fsp3) is 0.571. The van der Waals surface area contributed by atoms with Gasteiger partial charge in [0.15, 0.2) is 11.5 Å². The number of carbonyl (C=O) groups is 1. The number of nitrogens with two attached hydrogens (primary N) is 1. The lowest BCUT2D eigenvalue weighted by molar-refractivity contribution is 0.0176. The van der Waals surface area contributed by atoms with Crippen LogP contribution in [0.3, 0.4) is 0 Å². The molecule has 5 rings (SSSR count). The van der Waals surface area contributed by atoms with Crippen molar-refractivity contribution >= 4 is 39.0 Å². The van der Waals surface area contributed by atoms with Crippen molar-refractivity contribution in [3.05, 3.63) is 45.5 Å². The van der Waals surface area contributed by atoms with E-state index in [1.165, 1.54) is 6.33 Å². The second kappa shape index (κ2) is 11.3. The largest absolute Gasteiger partial charge is 0.444 e. The van der Waals surface area contributed by atoms with Gasteiger partial charge in [-0.25, -0.2) is 19.6 Å². The van der Waals surface area contributed by atoms with Crippen LogP contribution in [0.25, 0.3) is 16.9 Å². The molecule has 39 heavy (non-hydrogen) atoms. The van der Waals surface area contributed by atoms with Crippen LogP contribution < -0.4 is 11.4 Å². The minimum absolute atomic E-state index is 0.0549. The molecule has 210 valence electrons. The number of rotatable bonds is 5. The molecule has 2 N–H and O–H groups in total. The van der Waals surface area contributed by atoms with Crippen LogP contribution >= 0.6 is 15.9 Å². The number of hydrogen-bond donors (Lipinski definition) is 1. The van der Waals surface area contributed by atoms with E-state index < -0.39 is 5.60 Å². The van der Waals surface area contributed by atoms with Gasteiger partial charge in [0, 0.05) is 36.7 Å². The number of aromatic nitrogens is 4. The SMILES string of the molecule is CC(C)(C)OC(=O)N1CCC(CCN2CCC(n3c(=O)n(-c4ccc(Br)cc4)c4c(N)ncnc43)CC2)CC1. The zero-order valence-corrected chi connectivity index (χ0v) is 24.6. The summed E-state index contributed by atoms with van der Waals surface area (Å²) in [6.45, 7) is 10.1. The number of fused-ring (bicyclic) bond motifs is 1. The number of nitrogen functional groups attached to an aromatic ring is 1. The van der Waals surface area contributed by atoms with Gasteiger partial charge in [-0.1, -0.05) is 15.9 Å². The Morgan fingerprint density at radius 2 is 1.72 bits per heavy atom.